The number of rotatable bonds is 7. The van der Waals surface area contributed by atoms with Crippen LogP contribution < -0.4 is 14.9 Å². The van der Waals surface area contributed by atoms with Crippen molar-refractivity contribution in [2.45, 2.75) is 37.8 Å². The summed E-state index contributed by atoms with van der Waals surface area (Å²) >= 11 is 0. The van der Waals surface area contributed by atoms with E-state index in [4.69, 9.17) is 10.1 Å². The molecule has 12 heteroatoms. The molecule has 2 aliphatic rings. The number of aliphatic hydroxyl groups excluding tert-OH is 1. The predicted octanol–water partition coefficient (Wildman–Crippen LogP) is 1.33. The van der Waals surface area contributed by atoms with Gasteiger partial charge in [-0.15, -0.1) is 0 Å². The summed E-state index contributed by atoms with van der Waals surface area (Å²) in [6.07, 6.45) is 8.19. The van der Waals surface area contributed by atoms with Gasteiger partial charge in [0, 0.05) is 61.7 Å². The van der Waals surface area contributed by atoms with Gasteiger partial charge in [0.1, 0.15) is 12.4 Å². The highest BCUT2D eigenvalue weighted by molar-refractivity contribution is 7.88. The van der Waals surface area contributed by atoms with Crippen molar-refractivity contribution in [1.29, 1.82) is 0 Å². The number of amides is 1. The lowest BCUT2D eigenvalue weighted by Gasteiger charge is -2.36. The average Bonchev–Trinajstić information content (AvgIpc) is 3.33. The molecule has 0 bridgehead atoms. The number of piperazine rings is 1. The van der Waals surface area contributed by atoms with Gasteiger partial charge < -0.3 is 24.8 Å². The Labute approximate surface area is 216 Å². The number of sulfonamides is 1. The molecule has 37 heavy (non-hydrogen) atoms. The Morgan fingerprint density at radius 2 is 1.78 bits per heavy atom. The van der Waals surface area contributed by atoms with E-state index in [2.05, 4.69) is 38.1 Å². The molecule has 1 saturated heterocycles. The molecule has 1 aliphatic heterocycles. The summed E-state index contributed by atoms with van der Waals surface area (Å²) in [5.41, 5.74) is 2.14. The standard InChI is InChI=1S/C25H33N7O4S/c1-37(35,36)29-19-7-5-18(6-8-19)27-25-26-11-9-23(28-25)32-12-10-20-21(3-2-4-22(20)32)30-13-15-31(16-14-30)24(34)17-33/h2-4,9-12,18-19,29,33H,5-8,13-17H2,1H3,(H,26,27,28)/t18-,19-. The summed E-state index contributed by atoms with van der Waals surface area (Å²) in [6.45, 7) is 2.14. The minimum Gasteiger partial charge on any atom is -0.387 e. The van der Waals surface area contributed by atoms with Gasteiger partial charge in [-0.1, -0.05) is 6.07 Å². The van der Waals surface area contributed by atoms with Crippen LogP contribution in [0, 0.1) is 0 Å². The maximum atomic E-state index is 11.8. The number of aliphatic hydroxyl groups is 1. The van der Waals surface area contributed by atoms with Gasteiger partial charge in [0.25, 0.3) is 0 Å². The fourth-order valence-corrected chi connectivity index (χ4v) is 6.16. The second-order valence-electron chi connectivity index (χ2n) is 9.74. The molecule has 1 saturated carbocycles. The van der Waals surface area contributed by atoms with Crippen LogP contribution in [0.4, 0.5) is 11.6 Å². The van der Waals surface area contributed by atoms with Gasteiger partial charge in [0.2, 0.25) is 21.9 Å². The fraction of sp³-hybridized carbons (Fsp3) is 0.480. The zero-order valence-electron chi connectivity index (χ0n) is 20.9. The molecule has 0 spiro atoms. The number of nitrogens with one attached hydrogen (secondary N) is 2. The van der Waals surface area contributed by atoms with Crippen LogP contribution in [0.25, 0.3) is 16.7 Å². The van der Waals surface area contributed by atoms with E-state index in [1.807, 2.05) is 22.9 Å². The molecule has 1 amide bonds. The third-order valence-corrected chi connectivity index (χ3v) is 7.91. The van der Waals surface area contributed by atoms with Gasteiger partial charge in [-0.25, -0.2) is 18.1 Å². The molecule has 1 aliphatic carbocycles. The smallest absolute Gasteiger partial charge is 0.248 e. The molecular formula is C25H33N7O4S. The Kier molecular flexibility index (Phi) is 7.31. The van der Waals surface area contributed by atoms with Crippen molar-refractivity contribution in [2.75, 3.05) is 49.3 Å². The first-order valence-corrected chi connectivity index (χ1v) is 14.5. The molecule has 3 N–H and O–H groups in total. The van der Waals surface area contributed by atoms with Gasteiger partial charge in [-0.3, -0.25) is 4.79 Å². The number of hydrogen-bond acceptors (Lipinski definition) is 8. The Hall–Kier alpha value is -3.22. The number of carbonyl (C=O) groups excluding carboxylic acids is 1. The van der Waals surface area contributed by atoms with E-state index in [0.717, 1.165) is 48.1 Å². The van der Waals surface area contributed by atoms with Crippen LogP contribution in [0.3, 0.4) is 0 Å². The van der Waals surface area contributed by atoms with E-state index >= 15 is 0 Å². The average molecular weight is 528 g/mol. The van der Waals surface area contributed by atoms with Crippen LogP contribution in [0.5, 0.6) is 0 Å². The summed E-state index contributed by atoms with van der Waals surface area (Å²) in [5.74, 6) is 1.09. The first kappa shape index (κ1) is 25.4. The van der Waals surface area contributed by atoms with Gasteiger partial charge >= 0.3 is 0 Å². The zero-order chi connectivity index (χ0) is 26.0. The fourth-order valence-electron chi connectivity index (χ4n) is 5.32. The van der Waals surface area contributed by atoms with Gasteiger partial charge in [-0.05, 0) is 49.9 Å². The minimum atomic E-state index is -3.19. The number of aromatic nitrogens is 3. The van der Waals surface area contributed by atoms with Crippen LogP contribution in [0.1, 0.15) is 25.7 Å². The molecule has 0 atom stereocenters. The molecule has 3 heterocycles. The van der Waals surface area contributed by atoms with Crippen LogP contribution in [0.15, 0.2) is 42.7 Å². The third kappa shape index (κ3) is 5.86. The maximum absolute atomic E-state index is 11.8. The monoisotopic (exact) mass is 527 g/mol. The lowest BCUT2D eigenvalue weighted by Crippen LogP contribution is -2.49. The number of fused-ring (bicyclic) bond motifs is 1. The van der Waals surface area contributed by atoms with Gasteiger partial charge in [0.15, 0.2) is 0 Å². The Balaban J connectivity index is 1.29. The molecule has 2 aromatic heterocycles. The molecule has 11 nitrogen and oxygen atoms in total. The van der Waals surface area contributed by atoms with E-state index in [9.17, 15) is 13.2 Å². The van der Waals surface area contributed by atoms with Crippen LogP contribution >= 0.6 is 0 Å². The van der Waals surface area contributed by atoms with Crippen LogP contribution in [0.2, 0.25) is 0 Å². The molecule has 0 unspecified atom stereocenters. The highest BCUT2D eigenvalue weighted by atomic mass is 32.2. The van der Waals surface area contributed by atoms with E-state index in [1.165, 1.54) is 6.26 Å². The first-order chi connectivity index (χ1) is 17.8. The highest BCUT2D eigenvalue weighted by Crippen LogP contribution is 2.30. The van der Waals surface area contributed by atoms with Crippen molar-refractivity contribution < 1.29 is 18.3 Å². The molecule has 1 aromatic carbocycles. The maximum Gasteiger partial charge on any atom is 0.248 e. The molecule has 5 rings (SSSR count). The molecule has 198 valence electrons. The highest BCUT2D eigenvalue weighted by Gasteiger charge is 2.24. The third-order valence-electron chi connectivity index (χ3n) is 7.15. The summed E-state index contributed by atoms with van der Waals surface area (Å²) in [5, 5.41) is 13.7. The number of nitrogens with zero attached hydrogens (tertiary/aromatic N) is 5. The SMILES string of the molecule is CS(=O)(=O)N[C@H]1CC[C@H](Nc2nccc(-n3ccc4c(N5CCN(C(=O)CO)CC5)cccc43)n2)CC1. The van der Waals surface area contributed by atoms with Crippen molar-refractivity contribution in [1.82, 2.24) is 24.2 Å². The Morgan fingerprint density at radius 1 is 1.05 bits per heavy atom. The second-order valence-corrected chi connectivity index (χ2v) is 11.5. The van der Waals surface area contributed by atoms with Gasteiger partial charge in [-0.2, -0.15) is 4.98 Å². The van der Waals surface area contributed by atoms with Crippen molar-refractivity contribution in [2.24, 2.45) is 0 Å². The zero-order valence-corrected chi connectivity index (χ0v) is 21.7. The largest absolute Gasteiger partial charge is 0.387 e. The minimum absolute atomic E-state index is 0.0149. The topological polar surface area (TPSA) is 133 Å². The molecular weight excluding hydrogens is 494 g/mol. The predicted molar refractivity (Wildman–Crippen MR) is 142 cm³/mol. The van der Waals surface area contributed by atoms with E-state index in [1.54, 1.807) is 11.1 Å². The summed E-state index contributed by atoms with van der Waals surface area (Å²) in [4.78, 5) is 25.0. The molecule has 0 radical (unpaired) electrons. The summed E-state index contributed by atoms with van der Waals surface area (Å²) < 4.78 is 27.8. The molecule has 3 aromatic rings. The van der Waals surface area contributed by atoms with Crippen molar-refractivity contribution in [3.63, 3.8) is 0 Å². The number of carbonyl (C=O) groups is 1. The Morgan fingerprint density at radius 3 is 2.49 bits per heavy atom. The lowest BCUT2D eigenvalue weighted by atomic mass is 9.92. The second kappa shape index (κ2) is 10.6. The Bertz CT molecular complexity index is 1360. The van der Waals surface area contributed by atoms with E-state index in [0.29, 0.717) is 32.1 Å². The summed E-state index contributed by atoms with van der Waals surface area (Å²) in [7, 11) is -3.19. The van der Waals surface area contributed by atoms with Crippen LogP contribution in [-0.4, -0.2) is 90.0 Å². The van der Waals surface area contributed by atoms with Crippen molar-refractivity contribution >= 4 is 38.5 Å². The molecule has 2 fully saturated rings. The summed E-state index contributed by atoms with van der Waals surface area (Å²) in [6, 6.07) is 10.3. The van der Waals surface area contributed by atoms with E-state index < -0.39 is 16.6 Å². The van der Waals surface area contributed by atoms with Gasteiger partial charge in [0.05, 0.1) is 11.8 Å². The quantitative estimate of drug-likeness (QED) is 0.419. The van der Waals surface area contributed by atoms with Crippen molar-refractivity contribution in [3.8, 4) is 5.82 Å². The van der Waals surface area contributed by atoms with E-state index in [-0.39, 0.29) is 18.0 Å². The number of anilines is 2. The lowest BCUT2D eigenvalue weighted by molar-refractivity contribution is -0.134. The first-order valence-electron chi connectivity index (χ1n) is 12.6. The van der Waals surface area contributed by atoms with Crippen LogP contribution in [-0.2, 0) is 14.8 Å². The van der Waals surface area contributed by atoms with Crippen molar-refractivity contribution in [3.05, 3.63) is 42.7 Å². The number of hydrogen-bond donors (Lipinski definition) is 3. The number of benzene rings is 1. The normalized spacial score (nSPS) is 20.8.